The molecule has 0 radical (unpaired) electrons. The molecule has 0 aliphatic rings. The van der Waals surface area contributed by atoms with Crippen molar-refractivity contribution in [2.45, 2.75) is 206 Å². The Labute approximate surface area is 206 Å². The average Bonchev–Trinajstić information content (AvgIpc) is 2.81. The van der Waals surface area contributed by atoms with Crippen LogP contribution in [0.25, 0.3) is 0 Å². The van der Waals surface area contributed by atoms with Gasteiger partial charge in [0.05, 0.1) is 0 Å². The maximum Gasteiger partial charge on any atom is -0.0533 e. The molecule has 0 N–H and O–H groups in total. The maximum atomic E-state index is 2.31. The second kappa shape index (κ2) is 31.0. The van der Waals surface area contributed by atoms with Gasteiger partial charge in [-0.05, 0) is 0 Å². The Kier molecular flexibility index (Phi) is 31.0. The highest BCUT2D eigenvalue weighted by molar-refractivity contribution is 4.52. The summed E-state index contributed by atoms with van der Waals surface area (Å²) in [5.41, 5.74) is 0. The van der Waals surface area contributed by atoms with E-state index in [4.69, 9.17) is 0 Å². The molecule has 0 nitrogen and oxygen atoms in total. The molecule has 0 bridgehead atoms. The van der Waals surface area contributed by atoms with Gasteiger partial charge in [-0.1, -0.05) is 206 Å². The van der Waals surface area contributed by atoms with Crippen molar-refractivity contribution < 1.29 is 0 Å². The van der Waals surface area contributed by atoms with Crippen molar-refractivity contribution in [1.82, 2.24) is 0 Å². The van der Waals surface area contributed by atoms with Gasteiger partial charge in [-0.25, -0.2) is 0 Å². The predicted octanol–water partition coefficient (Wildman–Crippen LogP) is 12.7. The first-order valence-corrected chi connectivity index (χ1v) is 15.9. The number of rotatable bonds is 29. The van der Waals surface area contributed by atoms with Gasteiger partial charge < -0.3 is 0 Å². The largest absolute Gasteiger partial charge is 0.0654 e. The van der Waals surface area contributed by atoms with Crippen LogP contribution in [0.15, 0.2) is 0 Å². The second-order valence-electron chi connectivity index (χ2n) is 10.9. The Hall–Kier alpha value is 0. The molecular formula is C32H66. The first-order chi connectivity index (χ1) is 15.9. The van der Waals surface area contributed by atoms with Gasteiger partial charge in [0.15, 0.2) is 0 Å². The van der Waals surface area contributed by atoms with Crippen LogP contribution in [0.3, 0.4) is 0 Å². The SMILES string of the molecule is CCCCCCCCCCCCCCCCCCCCCCCCCCCCCCCC. The molecule has 0 spiro atoms. The molecule has 0 aromatic rings. The highest BCUT2D eigenvalue weighted by atomic mass is 14.0. The summed E-state index contributed by atoms with van der Waals surface area (Å²) < 4.78 is 0. The first-order valence-electron chi connectivity index (χ1n) is 15.9. The monoisotopic (exact) mass is 451 g/mol. The summed E-state index contributed by atoms with van der Waals surface area (Å²) in [6.45, 7) is 4.61. The molecule has 194 valence electrons. The van der Waals surface area contributed by atoms with Crippen LogP contribution in [-0.2, 0) is 0 Å². The summed E-state index contributed by atoms with van der Waals surface area (Å²) in [5, 5.41) is 0. The highest BCUT2D eigenvalue weighted by Crippen LogP contribution is 2.16. The zero-order valence-electron chi connectivity index (χ0n) is 23.2. The number of unbranched alkanes of at least 4 members (excludes halogenated alkanes) is 29. The predicted molar refractivity (Wildman–Crippen MR) is 150 cm³/mol. The number of hydrogen-bond acceptors (Lipinski definition) is 0. The Morgan fingerprint density at radius 2 is 0.250 bits per heavy atom. The quantitative estimate of drug-likeness (QED) is 0.0993. The van der Waals surface area contributed by atoms with E-state index in [-0.39, 0.29) is 0 Å². The van der Waals surface area contributed by atoms with E-state index in [2.05, 4.69) is 13.8 Å². The van der Waals surface area contributed by atoms with Crippen molar-refractivity contribution >= 4 is 0 Å². The molecule has 0 amide bonds. The van der Waals surface area contributed by atoms with Crippen LogP contribution in [0, 0.1) is 0 Å². The lowest BCUT2D eigenvalue weighted by Crippen LogP contribution is -1.85. The van der Waals surface area contributed by atoms with Gasteiger partial charge in [0, 0.05) is 0 Å². The molecule has 32 heavy (non-hydrogen) atoms. The van der Waals surface area contributed by atoms with Crippen LogP contribution < -0.4 is 0 Å². The van der Waals surface area contributed by atoms with Crippen LogP contribution in [0.5, 0.6) is 0 Å². The fourth-order valence-corrected chi connectivity index (χ4v) is 5.10. The van der Waals surface area contributed by atoms with Crippen LogP contribution in [-0.4, -0.2) is 0 Å². The summed E-state index contributed by atoms with van der Waals surface area (Å²) in [4.78, 5) is 0. The van der Waals surface area contributed by atoms with Crippen molar-refractivity contribution in [3.8, 4) is 0 Å². The third kappa shape index (κ3) is 30.0. The van der Waals surface area contributed by atoms with Crippen LogP contribution in [0.1, 0.15) is 206 Å². The first kappa shape index (κ1) is 32.0. The Morgan fingerprint density at radius 3 is 0.344 bits per heavy atom. The van der Waals surface area contributed by atoms with Crippen LogP contribution in [0.2, 0.25) is 0 Å². The zero-order chi connectivity index (χ0) is 23.2. The lowest BCUT2D eigenvalue weighted by Gasteiger charge is -2.04. The molecule has 0 unspecified atom stereocenters. The average molecular weight is 451 g/mol. The van der Waals surface area contributed by atoms with E-state index in [1.807, 2.05) is 0 Å². The molecule has 0 aliphatic carbocycles. The van der Waals surface area contributed by atoms with E-state index in [0.717, 1.165) is 0 Å². The van der Waals surface area contributed by atoms with E-state index in [9.17, 15) is 0 Å². The zero-order valence-corrected chi connectivity index (χ0v) is 23.2. The molecule has 0 atom stereocenters. The molecule has 0 saturated carbocycles. The maximum absolute atomic E-state index is 2.31. The lowest BCUT2D eigenvalue weighted by atomic mass is 10.0. The Bertz CT molecular complexity index is 264. The fraction of sp³-hybridized carbons (Fsp3) is 1.00. The van der Waals surface area contributed by atoms with Crippen molar-refractivity contribution in [2.24, 2.45) is 0 Å². The summed E-state index contributed by atoms with van der Waals surface area (Å²) in [6, 6.07) is 0. The van der Waals surface area contributed by atoms with Gasteiger partial charge in [0.2, 0.25) is 0 Å². The second-order valence-corrected chi connectivity index (χ2v) is 10.9. The van der Waals surface area contributed by atoms with Gasteiger partial charge in [0.25, 0.3) is 0 Å². The van der Waals surface area contributed by atoms with E-state index in [1.165, 1.54) is 193 Å². The van der Waals surface area contributed by atoms with Crippen molar-refractivity contribution in [3.05, 3.63) is 0 Å². The standard InChI is InChI=1S/C32H66/c1-3-5-7-9-11-13-15-17-19-21-23-25-27-29-31-32-30-28-26-24-22-20-18-16-14-12-10-8-6-4-2/h3-32H2,1-2H3. The minimum atomic E-state index is 1.37. The Morgan fingerprint density at radius 1 is 0.156 bits per heavy atom. The van der Waals surface area contributed by atoms with Gasteiger partial charge in [-0.15, -0.1) is 0 Å². The molecule has 0 aromatic heterocycles. The fourth-order valence-electron chi connectivity index (χ4n) is 5.10. The third-order valence-corrected chi connectivity index (χ3v) is 7.46. The minimum absolute atomic E-state index is 1.37. The number of hydrogen-bond donors (Lipinski definition) is 0. The topological polar surface area (TPSA) is 0 Å². The van der Waals surface area contributed by atoms with Crippen molar-refractivity contribution in [2.75, 3.05) is 0 Å². The molecule has 0 heterocycles. The summed E-state index contributed by atoms with van der Waals surface area (Å²) in [7, 11) is 0. The smallest absolute Gasteiger partial charge is 0.0533 e. The molecule has 0 saturated heterocycles. The molecule has 0 aliphatic heterocycles. The lowest BCUT2D eigenvalue weighted by molar-refractivity contribution is 0.513. The van der Waals surface area contributed by atoms with Gasteiger partial charge in [0.1, 0.15) is 0 Å². The normalized spacial score (nSPS) is 11.4. The molecule has 0 fully saturated rings. The van der Waals surface area contributed by atoms with Gasteiger partial charge >= 0.3 is 0 Å². The highest BCUT2D eigenvalue weighted by Gasteiger charge is 1.96. The third-order valence-electron chi connectivity index (χ3n) is 7.46. The van der Waals surface area contributed by atoms with E-state index >= 15 is 0 Å². The molecule has 0 rings (SSSR count). The summed E-state index contributed by atoms with van der Waals surface area (Å²) in [6.07, 6.45) is 44.4. The molecule has 0 heteroatoms. The van der Waals surface area contributed by atoms with Crippen molar-refractivity contribution in [1.29, 1.82) is 0 Å². The van der Waals surface area contributed by atoms with E-state index < -0.39 is 0 Å². The van der Waals surface area contributed by atoms with Gasteiger partial charge in [-0.3, -0.25) is 0 Å². The molecular weight excluding hydrogens is 384 g/mol. The van der Waals surface area contributed by atoms with Crippen LogP contribution >= 0.6 is 0 Å². The van der Waals surface area contributed by atoms with Crippen molar-refractivity contribution in [3.63, 3.8) is 0 Å². The van der Waals surface area contributed by atoms with Crippen LogP contribution in [0.4, 0.5) is 0 Å². The van der Waals surface area contributed by atoms with Gasteiger partial charge in [-0.2, -0.15) is 0 Å². The van der Waals surface area contributed by atoms with E-state index in [1.54, 1.807) is 0 Å². The summed E-state index contributed by atoms with van der Waals surface area (Å²) in [5.74, 6) is 0. The Balaban J connectivity index is 2.98. The summed E-state index contributed by atoms with van der Waals surface area (Å²) >= 11 is 0. The minimum Gasteiger partial charge on any atom is -0.0654 e. The molecule has 0 aromatic carbocycles. The van der Waals surface area contributed by atoms with E-state index in [0.29, 0.717) is 0 Å².